The number of halogens is 1. The average Bonchev–Trinajstić information content (AvgIpc) is 2.08. The van der Waals surface area contributed by atoms with Crippen LogP contribution < -0.4 is 5.56 Å². The molecule has 0 unspecified atom stereocenters. The third-order valence-electron chi connectivity index (χ3n) is 1.68. The maximum atomic E-state index is 11.6. The second kappa shape index (κ2) is 4.50. The molecule has 0 amide bonds. The molecule has 0 N–H and O–H groups in total. The Morgan fingerprint density at radius 3 is 2.85 bits per heavy atom. The molecule has 1 aromatic rings. The Kier molecular flexibility index (Phi) is 3.59. The first-order chi connectivity index (χ1) is 6.16. The van der Waals surface area contributed by atoms with Gasteiger partial charge in [0, 0.05) is 11.2 Å². The van der Waals surface area contributed by atoms with Crippen LogP contribution in [0, 0.1) is 0 Å². The average molecular weight is 246 g/mol. The Labute approximate surface area is 85.1 Å². The zero-order chi connectivity index (χ0) is 9.84. The maximum Gasteiger partial charge on any atom is 0.288 e. The predicted molar refractivity (Wildman–Crippen MR) is 54.2 cm³/mol. The van der Waals surface area contributed by atoms with Gasteiger partial charge in [-0.05, 0) is 0 Å². The van der Waals surface area contributed by atoms with Gasteiger partial charge in [0.25, 0.3) is 5.56 Å². The van der Waals surface area contributed by atoms with Crippen molar-refractivity contribution in [2.45, 2.75) is 26.3 Å². The molecule has 0 saturated heterocycles. The molecule has 0 fully saturated rings. The summed E-state index contributed by atoms with van der Waals surface area (Å²) in [5.41, 5.74) is 0.493. The maximum absolute atomic E-state index is 11.6. The molecule has 1 rings (SSSR count). The molecule has 0 bridgehead atoms. The van der Waals surface area contributed by atoms with Gasteiger partial charge >= 0.3 is 0 Å². The molecule has 0 atom stereocenters. The van der Waals surface area contributed by atoms with Crippen molar-refractivity contribution >= 4 is 15.9 Å². The van der Waals surface area contributed by atoms with Crippen molar-refractivity contribution in [1.82, 2.24) is 14.8 Å². The normalized spacial score (nSPS) is 10.8. The summed E-state index contributed by atoms with van der Waals surface area (Å²) < 4.78 is 1.43. The van der Waals surface area contributed by atoms with Crippen LogP contribution in [0.15, 0.2) is 11.1 Å². The third-order valence-corrected chi connectivity index (χ3v) is 2.04. The van der Waals surface area contributed by atoms with Crippen molar-refractivity contribution in [3.63, 3.8) is 0 Å². The lowest BCUT2D eigenvalue weighted by atomic mass is 10.1. The molecule has 72 valence electrons. The molecule has 0 radical (unpaired) electrons. The van der Waals surface area contributed by atoms with E-state index >= 15 is 0 Å². The molecule has 0 aromatic carbocycles. The van der Waals surface area contributed by atoms with Gasteiger partial charge < -0.3 is 0 Å². The fraction of sp³-hybridized carbons (Fsp3) is 0.625. The highest BCUT2D eigenvalue weighted by Gasteiger charge is 2.08. The lowest BCUT2D eigenvalue weighted by molar-refractivity contribution is 0.587. The van der Waals surface area contributed by atoms with Gasteiger partial charge in [-0.25, -0.2) is 9.67 Å². The van der Waals surface area contributed by atoms with Crippen LogP contribution in [0.5, 0.6) is 0 Å². The van der Waals surface area contributed by atoms with Crippen LogP contribution in [-0.2, 0) is 6.54 Å². The molecule has 0 aliphatic heterocycles. The van der Waals surface area contributed by atoms with Gasteiger partial charge in [-0.1, -0.05) is 29.8 Å². The fourth-order valence-electron chi connectivity index (χ4n) is 1.03. The summed E-state index contributed by atoms with van der Waals surface area (Å²) in [6, 6.07) is 0. The SMILES string of the molecule is CC(C)c1ncnn(CCBr)c1=O. The highest BCUT2D eigenvalue weighted by Crippen LogP contribution is 2.03. The van der Waals surface area contributed by atoms with Gasteiger partial charge in [0.05, 0.1) is 6.54 Å². The fourth-order valence-corrected chi connectivity index (χ4v) is 1.36. The second-order valence-electron chi connectivity index (χ2n) is 3.02. The number of alkyl halides is 1. The predicted octanol–water partition coefficient (Wildman–Crippen LogP) is 1.16. The molecule has 4 nitrogen and oxygen atoms in total. The van der Waals surface area contributed by atoms with Crippen molar-refractivity contribution in [2.24, 2.45) is 0 Å². The van der Waals surface area contributed by atoms with Crippen LogP contribution >= 0.6 is 15.9 Å². The van der Waals surface area contributed by atoms with Crippen LogP contribution in [-0.4, -0.2) is 20.1 Å². The molecule has 0 aliphatic carbocycles. The van der Waals surface area contributed by atoms with Crippen LogP contribution in [0.4, 0.5) is 0 Å². The van der Waals surface area contributed by atoms with Crippen molar-refractivity contribution < 1.29 is 0 Å². The summed E-state index contributed by atoms with van der Waals surface area (Å²) in [7, 11) is 0. The summed E-state index contributed by atoms with van der Waals surface area (Å²) in [6.45, 7) is 4.48. The third kappa shape index (κ3) is 2.37. The molecular formula is C8H12BrN3O. The van der Waals surface area contributed by atoms with Gasteiger partial charge in [0.2, 0.25) is 0 Å². The van der Waals surface area contributed by atoms with E-state index in [-0.39, 0.29) is 11.5 Å². The van der Waals surface area contributed by atoms with Crippen LogP contribution in [0.1, 0.15) is 25.5 Å². The Hall–Kier alpha value is -0.710. The zero-order valence-electron chi connectivity index (χ0n) is 7.70. The van der Waals surface area contributed by atoms with Crippen molar-refractivity contribution in [2.75, 3.05) is 5.33 Å². The van der Waals surface area contributed by atoms with Crippen molar-refractivity contribution in [1.29, 1.82) is 0 Å². The molecule has 1 aromatic heterocycles. The summed E-state index contributed by atoms with van der Waals surface area (Å²) in [5.74, 6) is 0.150. The standard InChI is InChI=1S/C8H12BrN3O/c1-6(2)7-8(13)12(4-3-9)11-5-10-7/h5-6H,3-4H2,1-2H3. The molecule has 5 heteroatoms. The number of hydrogen-bond donors (Lipinski definition) is 0. The van der Waals surface area contributed by atoms with Gasteiger partial charge in [-0.3, -0.25) is 4.79 Å². The minimum atomic E-state index is -0.0862. The molecule has 1 heterocycles. The number of rotatable bonds is 3. The number of hydrogen-bond acceptors (Lipinski definition) is 3. The summed E-state index contributed by atoms with van der Waals surface area (Å²) in [4.78, 5) is 15.6. The topological polar surface area (TPSA) is 47.8 Å². The smallest absolute Gasteiger partial charge is 0.266 e. The first kappa shape index (κ1) is 10.4. The van der Waals surface area contributed by atoms with E-state index in [0.29, 0.717) is 12.2 Å². The largest absolute Gasteiger partial charge is 0.288 e. The van der Waals surface area contributed by atoms with Crippen LogP contribution in [0.25, 0.3) is 0 Å². The molecule has 0 aliphatic rings. The Balaban J connectivity index is 3.11. The van der Waals surface area contributed by atoms with E-state index in [4.69, 9.17) is 0 Å². The van der Waals surface area contributed by atoms with E-state index in [1.165, 1.54) is 11.0 Å². The number of aryl methyl sites for hydroxylation is 1. The zero-order valence-corrected chi connectivity index (χ0v) is 9.28. The van der Waals surface area contributed by atoms with E-state index in [2.05, 4.69) is 26.0 Å². The first-order valence-corrected chi connectivity index (χ1v) is 5.27. The summed E-state index contributed by atoms with van der Waals surface area (Å²) in [6.07, 6.45) is 1.43. The van der Waals surface area contributed by atoms with Gasteiger partial charge in [0.1, 0.15) is 12.0 Å². The highest BCUT2D eigenvalue weighted by atomic mass is 79.9. The second-order valence-corrected chi connectivity index (χ2v) is 3.81. The molecule has 13 heavy (non-hydrogen) atoms. The Morgan fingerprint density at radius 1 is 1.62 bits per heavy atom. The summed E-state index contributed by atoms with van der Waals surface area (Å²) >= 11 is 3.26. The monoisotopic (exact) mass is 245 g/mol. The molecule has 0 spiro atoms. The molecule has 0 saturated carbocycles. The Bertz CT molecular complexity index is 334. The van der Waals surface area contributed by atoms with Gasteiger partial charge in [-0.2, -0.15) is 5.10 Å². The lowest BCUT2D eigenvalue weighted by Gasteiger charge is -2.05. The highest BCUT2D eigenvalue weighted by molar-refractivity contribution is 9.09. The quantitative estimate of drug-likeness (QED) is 0.752. The summed E-state index contributed by atoms with van der Waals surface area (Å²) in [5, 5.41) is 4.60. The Morgan fingerprint density at radius 2 is 2.31 bits per heavy atom. The van der Waals surface area contributed by atoms with Crippen LogP contribution in [0.2, 0.25) is 0 Å². The van der Waals surface area contributed by atoms with E-state index in [9.17, 15) is 4.79 Å². The lowest BCUT2D eigenvalue weighted by Crippen LogP contribution is -2.28. The van der Waals surface area contributed by atoms with E-state index in [0.717, 1.165) is 5.33 Å². The van der Waals surface area contributed by atoms with Gasteiger partial charge in [0.15, 0.2) is 0 Å². The van der Waals surface area contributed by atoms with Crippen molar-refractivity contribution in [3.05, 3.63) is 22.4 Å². The minimum absolute atomic E-state index is 0.0862. The number of nitrogens with zero attached hydrogens (tertiary/aromatic N) is 3. The van der Waals surface area contributed by atoms with Gasteiger partial charge in [-0.15, -0.1) is 0 Å². The van der Waals surface area contributed by atoms with Crippen molar-refractivity contribution in [3.8, 4) is 0 Å². The van der Waals surface area contributed by atoms with Crippen LogP contribution in [0.3, 0.4) is 0 Å². The van der Waals surface area contributed by atoms with E-state index in [1.807, 2.05) is 13.8 Å². The minimum Gasteiger partial charge on any atom is -0.266 e. The van der Waals surface area contributed by atoms with E-state index < -0.39 is 0 Å². The molecular weight excluding hydrogens is 234 g/mol. The van der Waals surface area contributed by atoms with E-state index in [1.54, 1.807) is 0 Å². The number of aromatic nitrogens is 3. The first-order valence-electron chi connectivity index (χ1n) is 4.14.